The number of oxime groups is 1. The van der Waals surface area contributed by atoms with E-state index in [1.165, 1.54) is 19.3 Å². The molecule has 10 nitrogen and oxygen atoms in total. The SMILES string of the molecule is C[C@]12CCC(=NOCC(=O)NCC(=O)N[C@H](Cc3c[nH]c4ccccc34)C(=O)O)C[C@@H]1CC[C@@H]1[C@H]2CC[C@]2(C)[C@H](O)CC[C@@H]12. The molecular weight excluding hydrogens is 560 g/mol. The molecule has 1 aromatic carbocycles. The Labute approximate surface area is 258 Å². The first-order valence-corrected chi connectivity index (χ1v) is 16.3. The third kappa shape index (κ3) is 5.73. The van der Waals surface area contributed by atoms with Crippen molar-refractivity contribution in [3.63, 3.8) is 0 Å². The van der Waals surface area contributed by atoms with Gasteiger partial charge in [0.2, 0.25) is 5.91 Å². The molecule has 0 unspecified atom stereocenters. The van der Waals surface area contributed by atoms with Gasteiger partial charge in [-0.05, 0) is 104 Å². The fraction of sp³-hybridized carbons (Fsp3) is 0.647. The molecular formula is C34H46N4O6. The summed E-state index contributed by atoms with van der Waals surface area (Å²) in [6.45, 7) is 4.15. The van der Waals surface area contributed by atoms with Gasteiger partial charge in [-0.15, -0.1) is 0 Å². The molecule has 0 spiro atoms. The lowest BCUT2D eigenvalue weighted by Gasteiger charge is -2.60. The number of para-hydroxylation sites is 1. The lowest BCUT2D eigenvalue weighted by Crippen LogP contribution is -2.54. The average Bonchev–Trinajstić information content (AvgIpc) is 3.55. The van der Waals surface area contributed by atoms with Gasteiger partial charge in [-0.3, -0.25) is 9.59 Å². The second kappa shape index (κ2) is 12.2. The largest absolute Gasteiger partial charge is 0.480 e. The van der Waals surface area contributed by atoms with Crippen molar-refractivity contribution in [2.45, 2.75) is 90.2 Å². The van der Waals surface area contributed by atoms with Gasteiger partial charge in [0, 0.05) is 23.5 Å². The van der Waals surface area contributed by atoms with Gasteiger partial charge >= 0.3 is 5.97 Å². The Morgan fingerprint density at radius 2 is 1.84 bits per heavy atom. The van der Waals surface area contributed by atoms with E-state index in [0.717, 1.165) is 60.7 Å². The lowest BCUT2D eigenvalue weighted by molar-refractivity contribution is -0.141. The van der Waals surface area contributed by atoms with E-state index in [2.05, 4.69) is 34.6 Å². The van der Waals surface area contributed by atoms with Crippen molar-refractivity contribution in [2.75, 3.05) is 13.2 Å². The summed E-state index contributed by atoms with van der Waals surface area (Å²) in [4.78, 5) is 45.2. The van der Waals surface area contributed by atoms with Crippen molar-refractivity contribution < 1.29 is 29.4 Å². The number of fused-ring (bicyclic) bond motifs is 6. The van der Waals surface area contributed by atoms with E-state index in [9.17, 15) is 24.6 Å². The molecule has 44 heavy (non-hydrogen) atoms. The van der Waals surface area contributed by atoms with Gasteiger partial charge < -0.3 is 30.7 Å². The highest BCUT2D eigenvalue weighted by atomic mass is 16.6. The third-order valence-electron chi connectivity index (χ3n) is 12.0. The van der Waals surface area contributed by atoms with Crippen LogP contribution >= 0.6 is 0 Å². The van der Waals surface area contributed by atoms with Crippen LogP contribution in [0.2, 0.25) is 0 Å². The molecule has 4 saturated carbocycles. The number of amides is 2. The van der Waals surface area contributed by atoms with Crippen molar-refractivity contribution in [1.29, 1.82) is 0 Å². The topological polar surface area (TPSA) is 153 Å². The predicted octanol–water partition coefficient (Wildman–Crippen LogP) is 4.17. The van der Waals surface area contributed by atoms with Crippen molar-refractivity contribution in [3.05, 3.63) is 36.0 Å². The van der Waals surface area contributed by atoms with Crippen LogP contribution in [0.25, 0.3) is 10.9 Å². The van der Waals surface area contributed by atoms with Crippen LogP contribution < -0.4 is 10.6 Å². The Hall–Kier alpha value is -3.40. The summed E-state index contributed by atoms with van der Waals surface area (Å²) < 4.78 is 0. The first kappa shape index (κ1) is 30.6. The molecule has 238 valence electrons. The smallest absolute Gasteiger partial charge is 0.326 e. The van der Waals surface area contributed by atoms with Gasteiger partial charge in [-0.1, -0.05) is 37.2 Å². The summed E-state index contributed by atoms with van der Waals surface area (Å²) in [6, 6.07) is 6.44. The third-order valence-corrected chi connectivity index (χ3v) is 12.0. The van der Waals surface area contributed by atoms with Gasteiger partial charge in [0.25, 0.3) is 5.91 Å². The number of rotatable bonds is 9. The summed E-state index contributed by atoms with van der Waals surface area (Å²) in [5.41, 5.74) is 3.05. The highest BCUT2D eigenvalue weighted by molar-refractivity contribution is 5.89. The number of benzene rings is 1. The second-order valence-corrected chi connectivity index (χ2v) is 14.2. The first-order chi connectivity index (χ1) is 21.1. The number of hydrogen-bond donors (Lipinski definition) is 5. The molecule has 0 radical (unpaired) electrons. The van der Waals surface area contributed by atoms with Crippen molar-refractivity contribution in [3.8, 4) is 0 Å². The Balaban J connectivity index is 0.951. The molecule has 8 atom stereocenters. The van der Waals surface area contributed by atoms with E-state index < -0.39 is 23.8 Å². The Bertz CT molecular complexity index is 1440. The minimum atomic E-state index is -1.15. The van der Waals surface area contributed by atoms with Crippen LogP contribution in [0.4, 0.5) is 0 Å². The maximum absolute atomic E-state index is 12.5. The van der Waals surface area contributed by atoms with E-state index in [0.29, 0.717) is 23.7 Å². The molecule has 4 aliphatic rings. The molecule has 0 aliphatic heterocycles. The minimum Gasteiger partial charge on any atom is -0.480 e. The molecule has 6 rings (SSSR count). The number of aliphatic carboxylic acids is 1. The van der Waals surface area contributed by atoms with Gasteiger partial charge in [0.1, 0.15) is 6.04 Å². The number of carbonyl (C=O) groups excluding carboxylic acids is 2. The zero-order valence-electron chi connectivity index (χ0n) is 25.8. The quantitative estimate of drug-likeness (QED) is 0.270. The number of carboxylic acids is 1. The van der Waals surface area contributed by atoms with Crippen molar-refractivity contribution in [2.24, 2.45) is 39.7 Å². The Morgan fingerprint density at radius 1 is 1.05 bits per heavy atom. The second-order valence-electron chi connectivity index (χ2n) is 14.2. The minimum absolute atomic E-state index is 0.0939. The summed E-state index contributed by atoms with van der Waals surface area (Å²) >= 11 is 0. The number of aliphatic hydroxyl groups is 1. The number of nitrogens with zero attached hydrogens (tertiary/aromatic N) is 1. The monoisotopic (exact) mass is 606 g/mol. The maximum Gasteiger partial charge on any atom is 0.326 e. The normalized spacial score (nSPS) is 34.4. The molecule has 2 aromatic rings. The number of H-pyrrole nitrogens is 1. The van der Waals surface area contributed by atoms with E-state index in [1.807, 2.05) is 24.3 Å². The van der Waals surface area contributed by atoms with E-state index >= 15 is 0 Å². The summed E-state index contributed by atoms with van der Waals surface area (Å²) in [7, 11) is 0. The highest BCUT2D eigenvalue weighted by Gasteiger charge is 2.59. The summed E-state index contributed by atoms with van der Waals surface area (Å²) in [6.07, 6.45) is 11.4. The lowest BCUT2D eigenvalue weighted by atomic mass is 9.45. The molecule has 2 amide bonds. The van der Waals surface area contributed by atoms with E-state index in [4.69, 9.17) is 4.84 Å². The zero-order valence-corrected chi connectivity index (χ0v) is 25.8. The summed E-state index contributed by atoms with van der Waals surface area (Å²) in [5, 5.41) is 30.6. The molecule has 0 saturated heterocycles. The molecule has 1 heterocycles. The number of aliphatic hydroxyl groups excluding tert-OH is 1. The number of hydrogen-bond acceptors (Lipinski definition) is 6. The van der Waals surface area contributed by atoms with Crippen molar-refractivity contribution in [1.82, 2.24) is 15.6 Å². The number of nitrogens with one attached hydrogen (secondary N) is 3. The highest BCUT2D eigenvalue weighted by Crippen LogP contribution is 2.66. The van der Waals surface area contributed by atoms with Crippen LogP contribution in [0.1, 0.15) is 77.2 Å². The van der Waals surface area contributed by atoms with Gasteiger partial charge in [-0.25, -0.2) is 4.79 Å². The fourth-order valence-corrected chi connectivity index (χ4v) is 9.49. The van der Waals surface area contributed by atoms with E-state index in [-0.39, 0.29) is 36.5 Å². The summed E-state index contributed by atoms with van der Waals surface area (Å²) in [5.74, 6) is 0.383. The van der Waals surface area contributed by atoms with Crippen LogP contribution in [0.3, 0.4) is 0 Å². The van der Waals surface area contributed by atoms with Gasteiger partial charge in [-0.2, -0.15) is 0 Å². The number of aromatic amines is 1. The predicted molar refractivity (Wildman–Crippen MR) is 166 cm³/mol. The van der Waals surface area contributed by atoms with Crippen LogP contribution in [-0.2, 0) is 25.6 Å². The fourth-order valence-electron chi connectivity index (χ4n) is 9.49. The number of aromatic nitrogens is 1. The molecule has 4 fully saturated rings. The van der Waals surface area contributed by atoms with Gasteiger partial charge in [0.05, 0.1) is 18.4 Å². The van der Waals surface area contributed by atoms with Gasteiger partial charge in [0.15, 0.2) is 6.61 Å². The average molecular weight is 607 g/mol. The first-order valence-electron chi connectivity index (χ1n) is 16.3. The zero-order chi connectivity index (χ0) is 31.1. The van der Waals surface area contributed by atoms with E-state index in [1.54, 1.807) is 6.20 Å². The van der Waals surface area contributed by atoms with Crippen LogP contribution in [0, 0.1) is 34.5 Å². The molecule has 5 N–H and O–H groups in total. The van der Waals surface area contributed by atoms with Crippen LogP contribution in [-0.4, -0.2) is 64.0 Å². The van der Waals surface area contributed by atoms with Crippen molar-refractivity contribution >= 4 is 34.4 Å². The molecule has 4 aliphatic carbocycles. The Kier molecular flexibility index (Phi) is 8.48. The number of carbonyl (C=O) groups is 3. The standard InChI is InChI=1S/C34H46N4O6/c1-33-13-11-22(16-21(33)7-8-24-25-9-10-29(39)34(25,2)14-12-26(24)33)38-44-19-31(41)36-18-30(40)37-28(32(42)43)15-20-17-35-27-6-4-3-5-23(20)27/h3-6,17,21,24-26,28-29,35,39H,7-16,18-19H2,1-2H3,(H,36,41)(H,37,40)(H,42,43)/t21-,24-,25-,26+,28+,29+,33-,34-/m0/s1. The van der Waals surface area contributed by atoms with Crippen LogP contribution in [0.15, 0.2) is 35.6 Å². The van der Waals surface area contributed by atoms with Crippen LogP contribution in [0.5, 0.6) is 0 Å². The Morgan fingerprint density at radius 3 is 2.66 bits per heavy atom. The molecule has 10 heteroatoms. The number of carboxylic acid groups (broad SMARTS) is 1. The molecule has 0 bridgehead atoms. The molecule has 1 aromatic heterocycles. The maximum atomic E-state index is 12.5.